The van der Waals surface area contributed by atoms with Crippen molar-refractivity contribution in [3.63, 3.8) is 0 Å². The number of ether oxygens (including phenoxy) is 1. The molecule has 0 aliphatic heterocycles. The molecule has 0 atom stereocenters. The molecule has 10 nitrogen and oxygen atoms in total. The van der Waals surface area contributed by atoms with Crippen molar-refractivity contribution in [1.82, 2.24) is 14.8 Å². The molecule has 0 radical (unpaired) electrons. The molecule has 0 saturated heterocycles. The van der Waals surface area contributed by atoms with Crippen molar-refractivity contribution in [2.24, 2.45) is 7.05 Å². The Kier molecular flexibility index (Phi) is 6.31. The van der Waals surface area contributed by atoms with Gasteiger partial charge in [0.15, 0.2) is 5.76 Å². The van der Waals surface area contributed by atoms with Crippen LogP contribution in [0, 0.1) is 20.8 Å². The SMILES string of the molecule is CCS(=O)(=O)Nc1ccc(Oc2c(C)cccc2C)c(-c2cn(C)c(=O)c3oc(-c4nnc(C)o4)cc23)c1. The minimum Gasteiger partial charge on any atom is -0.456 e. The van der Waals surface area contributed by atoms with Crippen LogP contribution >= 0.6 is 0 Å². The third kappa shape index (κ3) is 4.68. The van der Waals surface area contributed by atoms with Gasteiger partial charge in [-0.3, -0.25) is 9.52 Å². The number of fused-ring (bicyclic) bond motifs is 1. The number of nitrogens with one attached hydrogen (secondary N) is 1. The molecule has 5 rings (SSSR count). The average molecular weight is 535 g/mol. The molecule has 0 fully saturated rings. The van der Waals surface area contributed by atoms with E-state index in [9.17, 15) is 13.2 Å². The predicted molar refractivity (Wildman–Crippen MR) is 144 cm³/mol. The third-order valence-corrected chi connectivity index (χ3v) is 7.45. The van der Waals surface area contributed by atoms with E-state index in [2.05, 4.69) is 14.9 Å². The van der Waals surface area contributed by atoms with E-state index in [0.29, 0.717) is 39.6 Å². The minimum absolute atomic E-state index is 0.0816. The fourth-order valence-corrected chi connectivity index (χ4v) is 4.79. The van der Waals surface area contributed by atoms with Gasteiger partial charge in [0, 0.05) is 42.4 Å². The lowest BCUT2D eigenvalue weighted by atomic mass is 10.0. The van der Waals surface area contributed by atoms with Gasteiger partial charge in [-0.15, -0.1) is 10.2 Å². The van der Waals surface area contributed by atoms with Crippen molar-refractivity contribution < 1.29 is 22.0 Å². The van der Waals surface area contributed by atoms with E-state index in [1.807, 2.05) is 32.0 Å². The van der Waals surface area contributed by atoms with Crippen LogP contribution in [-0.2, 0) is 17.1 Å². The quantitative estimate of drug-likeness (QED) is 0.297. The first kappa shape index (κ1) is 25.3. The Morgan fingerprint density at radius 2 is 1.74 bits per heavy atom. The lowest BCUT2D eigenvalue weighted by Gasteiger charge is -2.17. The van der Waals surface area contributed by atoms with Crippen molar-refractivity contribution in [3.8, 4) is 34.3 Å². The molecule has 5 aromatic rings. The number of para-hydroxylation sites is 1. The standard InChI is InChI=1S/C27H26N4O6S/c1-6-38(33,34)30-18-10-11-22(36-24-15(2)8-7-9-16(24)3)19(12-18)21-14-31(5)27(32)25-20(21)13-23(37-25)26-29-28-17(4)35-26/h7-14,30H,6H2,1-5H3. The summed E-state index contributed by atoms with van der Waals surface area (Å²) in [4.78, 5) is 13.0. The third-order valence-electron chi connectivity index (χ3n) is 6.14. The van der Waals surface area contributed by atoms with Crippen LogP contribution in [0.4, 0.5) is 5.69 Å². The maximum atomic E-state index is 13.0. The Morgan fingerprint density at radius 1 is 1.00 bits per heavy atom. The molecule has 0 spiro atoms. The summed E-state index contributed by atoms with van der Waals surface area (Å²) in [5.74, 6) is 1.81. The van der Waals surface area contributed by atoms with Crippen LogP contribution in [0.3, 0.4) is 0 Å². The molecule has 0 unspecified atom stereocenters. The van der Waals surface area contributed by atoms with E-state index in [1.54, 1.807) is 51.4 Å². The lowest BCUT2D eigenvalue weighted by molar-refractivity contribution is 0.477. The first-order chi connectivity index (χ1) is 18.1. The molecule has 196 valence electrons. The molecule has 3 heterocycles. The molecule has 0 saturated carbocycles. The van der Waals surface area contributed by atoms with Crippen molar-refractivity contribution in [2.45, 2.75) is 27.7 Å². The molecular weight excluding hydrogens is 508 g/mol. The second-order valence-corrected chi connectivity index (χ2v) is 11.0. The second-order valence-electron chi connectivity index (χ2n) is 8.98. The smallest absolute Gasteiger partial charge is 0.293 e. The number of hydrogen-bond donors (Lipinski definition) is 1. The fraction of sp³-hybridized carbons (Fsp3) is 0.222. The maximum absolute atomic E-state index is 13.0. The van der Waals surface area contributed by atoms with Crippen molar-refractivity contribution in [1.29, 1.82) is 0 Å². The van der Waals surface area contributed by atoms with Crippen molar-refractivity contribution in [3.05, 3.63) is 76.0 Å². The number of aryl methyl sites for hydroxylation is 4. The summed E-state index contributed by atoms with van der Waals surface area (Å²) in [7, 11) is -1.92. The van der Waals surface area contributed by atoms with Gasteiger partial charge in [-0.25, -0.2) is 8.42 Å². The zero-order chi connectivity index (χ0) is 27.2. The molecule has 0 aliphatic carbocycles. The van der Waals surface area contributed by atoms with Crippen LogP contribution in [0.1, 0.15) is 23.9 Å². The second kappa shape index (κ2) is 9.49. The zero-order valence-electron chi connectivity index (χ0n) is 21.5. The van der Waals surface area contributed by atoms with Gasteiger partial charge in [0.05, 0.1) is 5.75 Å². The summed E-state index contributed by atoms with van der Waals surface area (Å²) in [6, 6.07) is 12.5. The number of hydrogen-bond acceptors (Lipinski definition) is 8. The van der Waals surface area contributed by atoms with Crippen LogP contribution < -0.4 is 15.0 Å². The number of anilines is 1. The Hall–Kier alpha value is -4.38. The summed E-state index contributed by atoms with van der Waals surface area (Å²) in [6.07, 6.45) is 1.66. The number of benzene rings is 2. The summed E-state index contributed by atoms with van der Waals surface area (Å²) >= 11 is 0. The van der Waals surface area contributed by atoms with Crippen molar-refractivity contribution >= 4 is 26.7 Å². The highest BCUT2D eigenvalue weighted by molar-refractivity contribution is 7.92. The molecule has 2 aromatic carbocycles. The Morgan fingerprint density at radius 3 is 2.39 bits per heavy atom. The van der Waals surface area contributed by atoms with Crippen LogP contribution in [0.5, 0.6) is 11.5 Å². The van der Waals surface area contributed by atoms with Gasteiger partial charge in [0.25, 0.3) is 11.4 Å². The summed E-state index contributed by atoms with van der Waals surface area (Å²) < 4.78 is 46.5. The van der Waals surface area contributed by atoms with Gasteiger partial charge >= 0.3 is 0 Å². The first-order valence-electron chi connectivity index (χ1n) is 11.9. The van der Waals surface area contributed by atoms with E-state index < -0.39 is 10.0 Å². The van der Waals surface area contributed by atoms with Crippen LogP contribution in [0.25, 0.3) is 33.7 Å². The van der Waals surface area contributed by atoms with E-state index in [0.717, 1.165) is 11.1 Å². The molecule has 38 heavy (non-hydrogen) atoms. The first-order valence-corrected chi connectivity index (χ1v) is 13.5. The zero-order valence-corrected chi connectivity index (χ0v) is 22.3. The molecule has 11 heteroatoms. The Labute approximate surface area is 218 Å². The molecule has 0 amide bonds. The van der Waals surface area contributed by atoms with Gasteiger partial charge in [-0.1, -0.05) is 18.2 Å². The van der Waals surface area contributed by atoms with E-state index >= 15 is 0 Å². The largest absolute Gasteiger partial charge is 0.456 e. The fourth-order valence-electron chi connectivity index (χ4n) is 4.16. The number of sulfonamides is 1. The molecule has 3 aromatic heterocycles. The van der Waals surface area contributed by atoms with Crippen LogP contribution in [0.2, 0.25) is 0 Å². The highest BCUT2D eigenvalue weighted by atomic mass is 32.2. The molecular formula is C27H26N4O6S. The van der Waals surface area contributed by atoms with E-state index in [4.69, 9.17) is 13.6 Å². The number of nitrogens with zero attached hydrogens (tertiary/aromatic N) is 3. The van der Waals surface area contributed by atoms with Crippen LogP contribution in [0.15, 0.2) is 62.3 Å². The average Bonchev–Trinajstić information content (AvgIpc) is 3.51. The van der Waals surface area contributed by atoms with E-state index in [-0.39, 0.29) is 28.5 Å². The summed E-state index contributed by atoms with van der Waals surface area (Å²) in [6.45, 7) is 7.11. The summed E-state index contributed by atoms with van der Waals surface area (Å²) in [5, 5.41) is 8.33. The highest BCUT2D eigenvalue weighted by Gasteiger charge is 2.22. The van der Waals surface area contributed by atoms with Gasteiger partial charge in [0.2, 0.25) is 21.5 Å². The highest BCUT2D eigenvalue weighted by Crippen LogP contribution is 2.41. The Bertz CT molecular complexity index is 1830. The van der Waals surface area contributed by atoms with Gasteiger partial charge in [-0.05, 0) is 56.2 Å². The molecule has 0 aliphatic rings. The molecule has 1 N–H and O–H groups in total. The van der Waals surface area contributed by atoms with Gasteiger partial charge in [-0.2, -0.15) is 0 Å². The normalized spacial score (nSPS) is 11.7. The monoisotopic (exact) mass is 534 g/mol. The topological polar surface area (TPSA) is 129 Å². The summed E-state index contributed by atoms with van der Waals surface area (Å²) in [5.41, 5.74) is 3.11. The number of pyridine rings is 1. The lowest BCUT2D eigenvalue weighted by Crippen LogP contribution is -2.16. The number of rotatable bonds is 7. The number of furan rings is 1. The van der Waals surface area contributed by atoms with Crippen molar-refractivity contribution in [2.75, 3.05) is 10.5 Å². The minimum atomic E-state index is -3.54. The van der Waals surface area contributed by atoms with E-state index in [1.165, 1.54) is 4.57 Å². The Balaban J connectivity index is 1.76. The predicted octanol–water partition coefficient (Wildman–Crippen LogP) is 5.33. The van der Waals surface area contributed by atoms with Gasteiger partial charge < -0.3 is 18.1 Å². The maximum Gasteiger partial charge on any atom is 0.293 e. The number of aromatic nitrogens is 3. The van der Waals surface area contributed by atoms with Gasteiger partial charge in [0.1, 0.15) is 11.5 Å². The molecule has 0 bridgehead atoms. The van der Waals surface area contributed by atoms with Crippen LogP contribution in [-0.4, -0.2) is 28.9 Å².